The van der Waals surface area contributed by atoms with E-state index in [9.17, 15) is 0 Å². The smallest absolute Gasteiger partial charge is 0.0298 e. The average Bonchev–Trinajstić information content (AvgIpc) is 3.17. The fourth-order valence-electron chi connectivity index (χ4n) is 6.01. The van der Waals surface area contributed by atoms with Crippen LogP contribution in [-0.4, -0.2) is 0 Å². The molecular formula is C38H32S2. The van der Waals surface area contributed by atoms with Crippen LogP contribution in [0.15, 0.2) is 143 Å². The third-order valence-electron chi connectivity index (χ3n) is 8.56. The molecule has 0 aromatic heterocycles. The molecule has 0 N–H and O–H groups in total. The molecule has 0 nitrogen and oxygen atoms in total. The number of benzene rings is 5. The SMILES string of the molecule is CC1(C(C)(c2ccc(S)c(-c3ccccc3)c2)c2ccc(S)c(-c3ccccc3)c2)C=CC=c2ccccc2=C1. The normalized spacial score (nSPS) is 16.4. The van der Waals surface area contributed by atoms with Gasteiger partial charge in [-0.1, -0.05) is 135 Å². The lowest BCUT2D eigenvalue weighted by molar-refractivity contribution is 0.361. The van der Waals surface area contributed by atoms with Crippen LogP contribution in [0.5, 0.6) is 0 Å². The first-order valence-electron chi connectivity index (χ1n) is 13.6. The second-order valence-electron chi connectivity index (χ2n) is 10.9. The predicted molar refractivity (Wildman–Crippen MR) is 177 cm³/mol. The zero-order valence-electron chi connectivity index (χ0n) is 22.8. The van der Waals surface area contributed by atoms with Gasteiger partial charge in [0.1, 0.15) is 0 Å². The van der Waals surface area contributed by atoms with E-state index in [0.29, 0.717) is 0 Å². The molecule has 0 heterocycles. The minimum absolute atomic E-state index is 0.353. The molecule has 5 aromatic rings. The maximum atomic E-state index is 4.88. The van der Waals surface area contributed by atoms with Crippen LogP contribution in [0, 0.1) is 5.41 Å². The second kappa shape index (κ2) is 10.7. The number of rotatable bonds is 5. The van der Waals surface area contributed by atoms with Crippen LogP contribution in [0.25, 0.3) is 34.4 Å². The van der Waals surface area contributed by atoms with Crippen LogP contribution in [-0.2, 0) is 5.41 Å². The summed E-state index contributed by atoms with van der Waals surface area (Å²) in [4.78, 5) is 1.94. The van der Waals surface area contributed by atoms with Crippen LogP contribution >= 0.6 is 25.3 Å². The van der Waals surface area contributed by atoms with Gasteiger partial charge in [-0.2, -0.15) is 0 Å². The van der Waals surface area contributed by atoms with Crippen LogP contribution in [0.2, 0.25) is 0 Å². The molecule has 0 aliphatic heterocycles. The first-order chi connectivity index (χ1) is 19.4. The Morgan fingerprint density at radius 3 is 1.57 bits per heavy atom. The summed E-state index contributed by atoms with van der Waals surface area (Å²) in [6.45, 7) is 4.74. The maximum Gasteiger partial charge on any atom is 0.0298 e. The van der Waals surface area contributed by atoms with E-state index < -0.39 is 5.41 Å². The number of fused-ring (bicyclic) bond motifs is 1. The molecule has 2 heteroatoms. The molecule has 0 spiro atoms. The Morgan fingerprint density at radius 1 is 0.575 bits per heavy atom. The van der Waals surface area contributed by atoms with Gasteiger partial charge in [-0.05, 0) is 68.1 Å². The van der Waals surface area contributed by atoms with E-state index >= 15 is 0 Å². The van der Waals surface area contributed by atoms with Crippen molar-refractivity contribution in [2.45, 2.75) is 29.1 Å². The van der Waals surface area contributed by atoms with Crippen molar-refractivity contribution in [3.05, 3.63) is 155 Å². The van der Waals surface area contributed by atoms with Gasteiger partial charge in [0, 0.05) is 20.6 Å². The highest BCUT2D eigenvalue weighted by molar-refractivity contribution is 7.80. The molecular weight excluding hydrogens is 521 g/mol. The zero-order valence-corrected chi connectivity index (χ0v) is 24.5. The number of hydrogen-bond donors (Lipinski definition) is 2. The summed E-state index contributed by atoms with van der Waals surface area (Å²) in [6.07, 6.45) is 9.24. The van der Waals surface area contributed by atoms with Gasteiger partial charge in [0.25, 0.3) is 0 Å². The van der Waals surface area contributed by atoms with Gasteiger partial charge in [-0.25, -0.2) is 0 Å². The van der Waals surface area contributed by atoms with Gasteiger partial charge in [-0.3, -0.25) is 0 Å². The van der Waals surface area contributed by atoms with Crippen LogP contribution in [0.1, 0.15) is 25.0 Å². The van der Waals surface area contributed by atoms with Crippen molar-refractivity contribution in [2.75, 3.05) is 0 Å². The van der Waals surface area contributed by atoms with Gasteiger partial charge >= 0.3 is 0 Å². The van der Waals surface area contributed by atoms with Gasteiger partial charge < -0.3 is 0 Å². The standard InChI is InChI=1S/C38H32S2/c1-37(23-11-18-27-12-9-10-17-30(27)26-37)38(2,31-19-21-35(39)33(24-31)28-13-5-3-6-14-28)32-20-22-36(40)34(25-32)29-15-7-4-8-16-29/h3-26,39-40H,1-2H3. The molecule has 0 bridgehead atoms. The Labute approximate surface area is 248 Å². The summed E-state index contributed by atoms with van der Waals surface area (Å²) in [7, 11) is 0. The Morgan fingerprint density at radius 2 is 1.05 bits per heavy atom. The number of thiol groups is 2. The van der Waals surface area contributed by atoms with E-state index in [4.69, 9.17) is 25.3 Å². The van der Waals surface area contributed by atoms with Gasteiger partial charge in [-0.15, -0.1) is 25.3 Å². The van der Waals surface area contributed by atoms with Crippen LogP contribution in [0.4, 0.5) is 0 Å². The zero-order chi connectivity index (χ0) is 27.7. The van der Waals surface area contributed by atoms with Crippen molar-refractivity contribution in [3.8, 4) is 22.3 Å². The minimum Gasteiger partial charge on any atom is -0.143 e. The monoisotopic (exact) mass is 552 g/mol. The molecule has 1 atom stereocenters. The summed E-state index contributed by atoms with van der Waals surface area (Å²) in [5.41, 5.74) is 6.28. The molecule has 0 fully saturated rings. The third kappa shape index (κ3) is 4.66. The fraction of sp³-hybridized carbons (Fsp3) is 0.105. The third-order valence-corrected chi connectivity index (χ3v) is 9.34. The topological polar surface area (TPSA) is 0 Å². The number of hydrogen-bond acceptors (Lipinski definition) is 2. The first-order valence-corrected chi connectivity index (χ1v) is 14.5. The van der Waals surface area contributed by atoms with E-state index in [1.807, 2.05) is 0 Å². The fourth-order valence-corrected chi connectivity index (χ4v) is 6.54. The highest BCUT2D eigenvalue weighted by Gasteiger charge is 2.45. The molecule has 1 aliphatic carbocycles. The van der Waals surface area contributed by atoms with Crippen LogP contribution in [0.3, 0.4) is 0 Å². The second-order valence-corrected chi connectivity index (χ2v) is 11.9. The predicted octanol–water partition coefficient (Wildman–Crippen LogP) is 8.74. The molecule has 6 rings (SSSR count). The van der Waals surface area contributed by atoms with E-state index in [1.54, 1.807) is 0 Å². The molecule has 1 aliphatic rings. The lowest BCUT2D eigenvalue weighted by Crippen LogP contribution is -2.41. The summed E-state index contributed by atoms with van der Waals surface area (Å²) in [5.74, 6) is 0. The van der Waals surface area contributed by atoms with Gasteiger partial charge in [0.2, 0.25) is 0 Å². The Hall–Kier alpha value is -3.72. The summed E-state index contributed by atoms with van der Waals surface area (Å²) in [5, 5.41) is 2.47. The molecule has 1 unspecified atom stereocenters. The molecule has 0 amide bonds. The maximum absolute atomic E-state index is 4.88. The molecule has 0 saturated heterocycles. The molecule has 40 heavy (non-hydrogen) atoms. The molecule has 0 saturated carbocycles. The Balaban J connectivity index is 1.65. The van der Waals surface area contributed by atoms with Crippen molar-refractivity contribution in [1.82, 2.24) is 0 Å². The number of allylic oxidation sites excluding steroid dienone is 2. The minimum atomic E-state index is -0.426. The highest BCUT2D eigenvalue weighted by atomic mass is 32.1. The quantitative estimate of drug-likeness (QED) is 0.200. The van der Waals surface area contributed by atoms with Crippen molar-refractivity contribution in [1.29, 1.82) is 0 Å². The van der Waals surface area contributed by atoms with Gasteiger partial charge in [0.05, 0.1) is 0 Å². The Kier molecular flexibility index (Phi) is 7.08. The lowest BCUT2D eigenvalue weighted by Gasteiger charge is -2.45. The lowest BCUT2D eigenvalue weighted by atomic mass is 9.58. The van der Waals surface area contributed by atoms with E-state index in [1.165, 1.54) is 21.6 Å². The van der Waals surface area contributed by atoms with Crippen molar-refractivity contribution in [3.63, 3.8) is 0 Å². The van der Waals surface area contributed by atoms with Gasteiger partial charge in [0.15, 0.2) is 0 Å². The highest BCUT2D eigenvalue weighted by Crippen LogP contribution is 2.51. The van der Waals surface area contributed by atoms with Crippen LogP contribution < -0.4 is 10.4 Å². The summed E-state index contributed by atoms with van der Waals surface area (Å²) in [6, 6.07) is 43.2. The molecule has 5 aromatic carbocycles. The van der Waals surface area contributed by atoms with E-state index in [2.05, 4.69) is 159 Å². The Bertz CT molecular complexity index is 1750. The van der Waals surface area contributed by atoms with Crippen molar-refractivity contribution < 1.29 is 0 Å². The van der Waals surface area contributed by atoms with E-state index in [0.717, 1.165) is 32.0 Å². The molecule has 196 valence electrons. The first kappa shape index (κ1) is 26.5. The molecule has 0 radical (unpaired) electrons. The summed E-state index contributed by atoms with van der Waals surface area (Å²) < 4.78 is 0. The largest absolute Gasteiger partial charge is 0.143 e. The van der Waals surface area contributed by atoms with Crippen molar-refractivity contribution >= 4 is 37.4 Å². The summed E-state index contributed by atoms with van der Waals surface area (Å²) >= 11 is 9.77. The van der Waals surface area contributed by atoms with Crippen molar-refractivity contribution in [2.24, 2.45) is 5.41 Å². The average molecular weight is 553 g/mol. The van der Waals surface area contributed by atoms with E-state index in [-0.39, 0.29) is 5.41 Å².